The van der Waals surface area contributed by atoms with Crippen LogP contribution in [-0.2, 0) is 11.4 Å². The highest BCUT2D eigenvalue weighted by Crippen LogP contribution is 2.29. The molecule has 11 nitrogen and oxygen atoms in total. The third-order valence-electron chi connectivity index (χ3n) is 6.83. The Hall–Kier alpha value is -5.81. The molecule has 0 fully saturated rings. The van der Waals surface area contributed by atoms with E-state index in [2.05, 4.69) is 41.1 Å². The topological polar surface area (TPSA) is 131 Å². The number of benzene rings is 3. The van der Waals surface area contributed by atoms with Crippen molar-refractivity contribution < 1.29 is 37.7 Å². The molecule has 0 aliphatic heterocycles. The van der Waals surface area contributed by atoms with Crippen molar-refractivity contribution in [3.05, 3.63) is 124 Å². The van der Waals surface area contributed by atoms with E-state index in [1.807, 2.05) is 24.3 Å². The van der Waals surface area contributed by atoms with Gasteiger partial charge in [0.25, 0.3) is 0 Å². The van der Waals surface area contributed by atoms with E-state index in [0.717, 1.165) is 17.1 Å². The first kappa shape index (κ1) is 32.6. The SMILES string of the molecule is COc1cc(C(=O)Oc2ccc(Cl)cc2/C=N/NC(=O)c2ccc(COc3ccc(-n4c(C)ccc4C)cc3)o2)ccc1OC(C)=O. The molecular weight excluding hydrogens is 626 g/mol. The van der Waals surface area contributed by atoms with Gasteiger partial charge in [0, 0.05) is 34.6 Å². The van der Waals surface area contributed by atoms with Crippen LogP contribution >= 0.6 is 11.6 Å². The normalized spacial score (nSPS) is 10.9. The van der Waals surface area contributed by atoms with Crippen LogP contribution in [0.1, 0.15) is 50.5 Å². The van der Waals surface area contributed by atoms with Gasteiger partial charge in [0.2, 0.25) is 0 Å². The summed E-state index contributed by atoms with van der Waals surface area (Å²) in [5, 5.41) is 4.33. The number of furan rings is 1. The molecule has 5 aromatic rings. The summed E-state index contributed by atoms with van der Waals surface area (Å²) in [5.41, 5.74) is 6.15. The summed E-state index contributed by atoms with van der Waals surface area (Å²) >= 11 is 6.15. The summed E-state index contributed by atoms with van der Waals surface area (Å²) in [6, 6.07) is 23.8. The van der Waals surface area contributed by atoms with Gasteiger partial charge in [0.1, 0.15) is 23.9 Å². The van der Waals surface area contributed by atoms with Crippen molar-refractivity contribution in [3.63, 3.8) is 0 Å². The van der Waals surface area contributed by atoms with Gasteiger partial charge in [-0.1, -0.05) is 11.6 Å². The lowest BCUT2D eigenvalue weighted by Gasteiger charge is -2.11. The molecule has 1 amide bonds. The van der Waals surface area contributed by atoms with Gasteiger partial charge in [-0.05, 0) is 98.8 Å². The molecule has 2 aromatic heterocycles. The molecular formula is C35H30ClN3O8. The minimum atomic E-state index is -0.717. The van der Waals surface area contributed by atoms with Crippen LogP contribution in [-0.4, -0.2) is 35.7 Å². The Labute approximate surface area is 275 Å². The van der Waals surface area contributed by atoms with Crippen LogP contribution in [0.15, 0.2) is 94.4 Å². The average molecular weight is 656 g/mol. The van der Waals surface area contributed by atoms with Crippen molar-refractivity contribution in [2.45, 2.75) is 27.4 Å². The van der Waals surface area contributed by atoms with Gasteiger partial charge >= 0.3 is 17.8 Å². The number of nitrogens with zero attached hydrogens (tertiary/aromatic N) is 2. The monoisotopic (exact) mass is 655 g/mol. The van der Waals surface area contributed by atoms with Crippen LogP contribution < -0.4 is 24.4 Å². The number of hydrazone groups is 1. The minimum absolute atomic E-state index is 0.0264. The second kappa shape index (κ2) is 14.5. The zero-order chi connectivity index (χ0) is 33.5. The van der Waals surface area contributed by atoms with Gasteiger partial charge in [0.05, 0.1) is 18.9 Å². The van der Waals surface area contributed by atoms with E-state index in [1.54, 1.807) is 6.07 Å². The zero-order valence-electron chi connectivity index (χ0n) is 25.9. The fourth-order valence-corrected chi connectivity index (χ4v) is 4.80. The van der Waals surface area contributed by atoms with Gasteiger partial charge in [-0.3, -0.25) is 9.59 Å². The summed E-state index contributed by atoms with van der Waals surface area (Å²) < 4.78 is 29.5. The largest absolute Gasteiger partial charge is 0.493 e. The summed E-state index contributed by atoms with van der Waals surface area (Å²) in [6.07, 6.45) is 1.28. The molecule has 0 atom stereocenters. The van der Waals surface area contributed by atoms with E-state index in [1.165, 1.54) is 62.7 Å². The van der Waals surface area contributed by atoms with Crippen LogP contribution in [0.4, 0.5) is 0 Å². The van der Waals surface area contributed by atoms with E-state index >= 15 is 0 Å². The van der Waals surface area contributed by atoms with Crippen molar-refractivity contribution in [3.8, 4) is 28.7 Å². The first-order chi connectivity index (χ1) is 22.6. The van der Waals surface area contributed by atoms with Crippen LogP contribution in [0.5, 0.6) is 23.0 Å². The molecule has 0 saturated heterocycles. The number of aryl methyl sites for hydroxylation is 2. The number of rotatable bonds is 11. The second-order valence-corrected chi connectivity index (χ2v) is 10.7. The minimum Gasteiger partial charge on any atom is -0.493 e. The Balaban J connectivity index is 1.18. The van der Waals surface area contributed by atoms with E-state index in [4.69, 9.17) is 35.0 Å². The first-order valence-electron chi connectivity index (χ1n) is 14.3. The van der Waals surface area contributed by atoms with E-state index in [0.29, 0.717) is 22.1 Å². The molecule has 0 saturated carbocycles. The van der Waals surface area contributed by atoms with E-state index in [-0.39, 0.29) is 35.2 Å². The number of nitrogens with one attached hydrogen (secondary N) is 1. The average Bonchev–Trinajstić information content (AvgIpc) is 3.67. The van der Waals surface area contributed by atoms with Crippen molar-refractivity contribution >= 4 is 35.7 Å². The van der Waals surface area contributed by atoms with Crippen molar-refractivity contribution in [2.75, 3.05) is 7.11 Å². The van der Waals surface area contributed by atoms with E-state index in [9.17, 15) is 14.4 Å². The fraction of sp³-hybridized carbons (Fsp3) is 0.143. The standard InChI is InChI=1S/C35H30ClN3O8/c1-21-5-6-22(2)39(21)27-9-11-28(12-10-27)44-20-29-13-16-32(46-29)34(41)38-37-19-25-17-26(36)8-15-30(25)47-35(42)24-7-14-31(45-23(3)40)33(18-24)43-4/h5-19H,20H2,1-4H3,(H,38,41)/b37-19+. The lowest BCUT2D eigenvalue weighted by molar-refractivity contribution is -0.132. The molecule has 5 rings (SSSR count). The first-order valence-corrected chi connectivity index (χ1v) is 14.7. The summed E-state index contributed by atoms with van der Waals surface area (Å²) in [7, 11) is 1.38. The van der Waals surface area contributed by atoms with Crippen molar-refractivity contribution in [1.29, 1.82) is 0 Å². The molecule has 12 heteroatoms. The maximum atomic E-state index is 12.9. The number of amides is 1. The Morgan fingerprint density at radius 3 is 2.30 bits per heavy atom. The highest BCUT2D eigenvalue weighted by Gasteiger charge is 2.17. The molecule has 2 heterocycles. The molecule has 0 spiro atoms. The molecule has 0 aliphatic carbocycles. The number of ether oxygens (including phenoxy) is 4. The number of carbonyl (C=O) groups excluding carboxylic acids is 3. The van der Waals surface area contributed by atoms with Gasteiger partial charge in [-0.2, -0.15) is 5.10 Å². The Morgan fingerprint density at radius 2 is 1.60 bits per heavy atom. The third-order valence-corrected chi connectivity index (χ3v) is 7.06. The molecule has 0 radical (unpaired) electrons. The van der Waals surface area contributed by atoms with Crippen LogP contribution in [0, 0.1) is 13.8 Å². The number of hydrogen-bond acceptors (Lipinski definition) is 9. The maximum Gasteiger partial charge on any atom is 0.343 e. The smallest absolute Gasteiger partial charge is 0.343 e. The fourth-order valence-electron chi connectivity index (χ4n) is 4.62. The molecule has 0 unspecified atom stereocenters. The maximum absolute atomic E-state index is 12.9. The summed E-state index contributed by atoms with van der Waals surface area (Å²) in [4.78, 5) is 36.9. The number of hydrogen-bond donors (Lipinski definition) is 1. The number of halogens is 1. The molecule has 47 heavy (non-hydrogen) atoms. The van der Waals surface area contributed by atoms with Gasteiger partial charge < -0.3 is 27.9 Å². The predicted octanol–water partition coefficient (Wildman–Crippen LogP) is 6.84. The quantitative estimate of drug-likeness (QED) is 0.0709. The zero-order valence-corrected chi connectivity index (χ0v) is 26.7. The lowest BCUT2D eigenvalue weighted by atomic mass is 10.2. The molecule has 240 valence electrons. The molecule has 0 aliphatic rings. The summed E-state index contributed by atoms with van der Waals surface area (Å²) in [5.74, 6) is -0.263. The highest BCUT2D eigenvalue weighted by molar-refractivity contribution is 6.31. The number of aromatic nitrogens is 1. The van der Waals surface area contributed by atoms with Crippen LogP contribution in [0.2, 0.25) is 5.02 Å². The second-order valence-electron chi connectivity index (χ2n) is 10.2. The van der Waals surface area contributed by atoms with E-state index < -0.39 is 17.8 Å². The predicted molar refractivity (Wildman–Crippen MR) is 174 cm³/mol. The van der Waals surface area contributed by atoms with Gasteiger partial charge in [0.15, 0.2) is 17.3 Å². The highest BCUT2D eigenvalue weighted by atomic mass is 35.5. The lowest BCUT2D eigenvalue weighted by Crippen LogP contribution is -2.17. The van der Waals surface area contributed by atoms with Crippen LogP contribution in [0.3, 0.4) is 0 Å². The molecule has 1 N–H and O–H groups in total. The number of esters is 2. The van der Waals surface area contributed by atoms with Gasteiger partial charge in [-0.25, -0.2) is 10.2 Å². The number of methoxy groups -OCH3 is 1. The number of carbonyl (C=O) groups is 3. The van der Waals surface area contributed by atoms with Crippen molar-refractivity contribution in [1.82, 2.24) is 9.99 Å². The summed E-state index contributed by atoms with van der Waals surface area (Å²) in [6.45, 7) is 5.47. The third kappa shape index (κ3) is 8.08. The molecule has 3 aromatic carbocycles. The Morgan fingerprint density at radius 1 is 0.872 bits per heavy atom. The Bertz CT molecular complexity index is 1940. The van der Waals surface area contributed by atoms with Crippen molar-refractivity contribution in [2.24, 2.45) is 5.10 Å². The molecule has 0 bridgehead atoms. The van der Waals surface area contributed by atoms with Gasteiger partial charge in [-0.15, -0.1) is 0 Å². The Kier molecular flexibility index (Phi) is 10.1. The van der Waals surface area contributed by atoms with Crippen LogP contribution in [0.25, 0.3) is 5.69 Å².